The molecular formula is C23H22N2O4S. The minimum absolute atomic E-state index is 0.133. The van der Waals surface area contributed by atoms with Crippen molar-refractivity contribution in [3.63, 3.8) is 0 Å². The molecule has 3 aromatic rings. The third-order valence-electron chi connectivity index (χ3n) is 4.83. The number of furan rings is 1. The number of amides is 1. The van der Waals surface area contributed by atoms with E-state index in [1.807, 2.05) is 12.1 Å². The van der Waals surface area contributed by atoms with E-state index in [1.165, 1.54) is 11.8 Å². The van der Waals surface area contributed by atoms with E-state index in [-0.39, 0.29) is 11.9 Å². The van der Waals surface area contributed by atoms with Crippen LogP contribution in [0.5, 0.6) is 5.75 Å². The lowest BCUT2D eigenvalue weighted by Crippen LogP contribution is -2.23. The third-order valence-corrected chi connectivity index (χ3v) is 6.03. The average Bonchev–Trinajstić information content (AvgIpc) is 3.38. The number of nitrogens with one attached hydrogen (secondary N) is 1. The van der Waals surface area contributed by atoms with E-state index in [9.17, 15) is 9.59 Å². The van der Waals surface area contributed by atoms with E-state index in [1.54, 1.807) is 48.1 Å². The van der Waals surface area contributed by atoms with Gasteiger partial charge >= 0.3 is 5.97 Å². The highest BCUT2D eigenvalue weighted by molar-refractivity contribution is 7.16. The summed E-state index contributed by atoms with van der Waals surface area (Å²) in [4.78, 5) is 30.1. The highest BCUT2D eigenvalue weighted by atomic mass is 32.1. The molecule has 0 fully saturated rings. The molecule has 1 aliphatic carbocycles. The van der Waals surface area contributed by atoms with Gasteiger partial charge in [0.05, 0.1) is 18.4 Å². The summed E-state index contributed by atoms with van der Waals surface area (Å²) in [6.07, 6.45) is 7.38. The van der Waals surface area contributed by atoms with Crippen molar-refractivity contribution in [2.24, 2.45) is 4.99 Å². The van der Waals surface area contributed by atoms with Crippen LogP contribution in [-0.2, 0) is 24.2 Å². The fourth-order valence-corrected chi connectivity index (χ4v) is 4.73. The summed E-state index contributed by atoms with van der Waals surface area (Å²) in [6, 6.07) is 10.8. The predicted molar refractivity (Wildman–Crippen MR) is 116 cm³/mol. The number of hydrogen-bond acceptors (Lipinski definition) is 6. The van der Waals surface area contributed by atoms with Crippen LogP contribution in [0.3, 0.4) is 0 Å². The lowest BCUT2D eigenvalue weighted by molar-refractivity contribution is -0.131. The second-order valence-corrected chi connectivity index (χ2v) is 8.16. The molecule has 0 unspecified atom stereocenters. The van der Waals surface area contributed by atoms with Gasteiger partial charge in [0, 0.05) is 18.0 Å². The summed E-state index contributed by atoms with van der Waals surface area (Å²) in [6.45, 7) is 1.70. The standard InChI is InChI=1S/C23H22N2O4S/c1-15(26)29-17-7-4-6-16(12-17)13-25-23-21(19-9-2-3-10-20(19)30-23)22(27)24-14-18-8-5-11-28-18/h4-8,11-13H,2-3,9-10,14H2,1H3,(H,24,27). The molecule has 0 spiro atoms. The van der Waals surface area contributed by atoms with Crippen molar-refractivity contribution in [2.45, 2.75) is 39.2 Å². The van der Waals surface area contributed by atoms with Crippen molar-refractivity contribution < 1.29 is 18.7 Å². The fraction of sp³-hybridized carbons (Fsp3) is 0.261. The lowest BCUT2D eigenvalue weighted by Gasteiger charge is -2.12. The first-order chi connectivity index (χ1) is 14.6. The van der Waals surface area contributed by atoms with E-state index in [0.717, 1.165) is 36.8 Å². The summed E-state index contributed by atoms with van der Waals surface area (Å²) in [7, 11) is 0. The minimum atomic E-state index is -0.370. The van der Waals surface area contributed by atoms with Crippen LogP contribution in [0.15, 0.2) is 52.1 Å². The van der Waals surface area contributed by atoms with Gasteiger partial charge in [-0.25, -0.2) is 4.99 Å². The van der Waals surface area contributed by atoms with Gasteiger partial charge in [-0.15, -0.1) is 11.3 Å². The smallest absolute Gasteiger partial charge is 0.308 e. The lowest BCUT2D eigenvalue weighted by atomic mass is 9.95. The number of aliphatic imine (C=N–C) groups is 1. The molecule has 6 nitrogen and oxygen atoms in total. The molecule has 0 aliphatic heterocycles. The fourth-order valence-electron chi connectivity index (χ4n) is 3.50. The molecule has 2 heterocycles. The molecule has 7 heteroatoms. The molecule has 1 amide bonds. The number of esters is 1. The summed E-state index contributed by atoms with van der Waals surface area (Å²) < 4.78 is 10.4. The molecule has 4 rings (SSSR count). The number of carbonyl (C=O) groups is 2. The second kappa shape index (κ2) is 9.09. The van der Waals surface area contributed by atoms with Gasteiger partial charge in [0.1, 0.15) is 16.5 Å². The van der Waals surface area contributed by atoms with Gasteiger partial charge in [-0.05, 0) is 61.1 Å². The van der Waals surface area contributed by atoms with E-state index in [0.29, 0.717) is 28.6 Å². The molecule has 0 bridgehead atoms. The van der Waals surface area contributed by atoms with Gasteiger partial charge in [0.25, 0.3) is 5.91 Å². The number of thiophene rings is 1. The van der Waals surface area contributed by atoms with E-state index in [2.05, 4.69) is 10.3 Å². The van der Waals surface area contributed by atoms with Crippen LogP contribution in [0, 0.1) is 0 Å². The normalized spacial score (nSPS) is 13.2. The molecule has 30 heavy (non-hydrogen) atoms. The molecule has 1 N–H and O–H groups in total. The van der Waals surface area contributed by atoms with Crippen LogP contribution in [0.25, 0.3) is 0 Å². The Morgan fingerprint density at radius 3 is 2.90 bits per heavy atom. The number of rotatable bonds is 6. The first-order valence-electron chi connectivity index (χ1n) is 9.88. The molecule has 154 valence electrons. The quantitative estimate of drug-likeness (QED) is 0.351. The van der Waals surface area contributed by atoms with Crippen molar-refractivity contribution in [3.05, 3.63) is 70.0 Å². The monoisotopic (exact) mass is 422 g/mol. The van der Waals surface area contributed by atoms with Gasteiger partial charge in [0.2, 0.25) is 0 Å². The summed E-state index contributed by atoms with van der Waals surface area (Å²) in [5.74, 6) is 0.672. The predicted octanol–water partition coefficient (Wildman–Crippen LogP) is 4.83. The molecule has 0 atom stereocenters. The summed E-state index contributed by atoms with van der Waals surface area (Å²) >= 11 is 1.58. The Labute approximate surface area is 178 Å². The Kier molecular flexibility index (Phi) is 6.09. The maximum absolute atomic E-state index is 13.0. The third kappa shape index (κ3) is 4.68. The Bertz CT molecular complexity index is 1080. The van der Waals surface area contributed by atoms with Gasteiger partial charge in [0.15, 0.2) is 0 Å². The SMILES string of the molecule is CC(=O)Oc1cccc(C=Nc2sc3c(c2C(=O)NCc2ccco2)CCCC3)c1. The molecule has 0 saturated carbocycles. The van der Waals surface area contributed by atoms with Crippen LogP contribution in [0.4, 0.5) is 5.00 Å². The topological polar surface area (TPSA) is 80.9 Å². The Morgan fingerprint density at radius 1 is 1.23 bits per heavy atom. The Balaban J connectivity index is 1.59. The van der Waals surface area contributed by atoms with Gasteiger partial charge in [-0.1, -0.05) is 12.1 Å². The van der Waals surface area contributed by atoms with Crippen LogP contribution in [0.2, 0.25) is 0 Å². The summed E-state index contributed by atoms with van der Waals surface area (Å²) in [5.41, 5.74) is 2.57. The number of fused-ring (bicyclic) bond motifs is 1. The highest BCUT2D eigenvalue weighted by Gasteiger charge is 2.25. The van der Waals surface area contributed by atoms with Crippen LogP contribution < -0.4 is 10.1 Å². The van der Waals surface area contributed by atoms with Gasteiger partial charge in [-0.3, -0.25) is 9.59 Å². The molecule has 1 aliphatic rings. The first kappa shape index (κ1) is 20.1. The van der Waals surface area contributed by atoms with E-state index < -0.39 is 0 Å². The van der Waals surface area contributed by atoms with E-state index in [4.69, 9.17) is 9.15 Å². The molecule has 1 aromatic carbocycles. The number of ether oxygens (including phenoxy) is 1. The zero-order valence-electron chi connectivity index (χ0n) is 16.6. The van der Waals surface area contributed by atoms with Crippen LogP contribution in [0.1, 0.15) is 51.9 Å². The van der Waals surface area contributed by atoms with E-state index >= 15 is 0 Å². The maximum Gasteiger partial charge on any atom is 0.308 e. The molecular weight excluding hydrogens is 400 g/mol. The minimum Gasteiger partial charge on any atom is -0.467 e. The number of nitrogens with zero attached hydrogens (tertiary/aromatic N) is 1. The highest BCUT2D eigenvalue weighted by Crippen LogP contribution is 2.39. The summed E-state index contributed by atoms with van der Waals surface area (Å²) in [5, 5.41) is 3.65. The molecule has 0 saturated heterocycles. The average molecular weight is 423 g/mol. The molecule has 0 radical (unpaired) electrons. The largest absolute Gasteiger partial charge is 0.467 e. The number of aryl methyl sites for hydroxylation is 1. The van der Waals surface area contributed by atoms with Crippen LogP contribution >= 0.6 is 11.3 Å². The van der Waals surface area contributed by atoms with Crippen molar-refractivity contribution in [2.75, 3.05) is 0 Å². The first-order valence-corrected chi connectivity index (χ1v) is 10.7. The Morgan fingerprint density at radius 2 is 2.10 bits per heavy atom. The maximum atomic E-state index is 13.0. The second-order valence-electron chi connectivity index (χ2n) is 7.08. The van der Waals surface area contributed by atoms with Crippen molar-refractivity contribution in [3.8, 4) is 5.75 Å². The zero-order chi connectivity index (χ0) is 20.9. The number of benzene rings is 1. The van der Waals surface area contributed by atoms with Crippen molar-refractivity contribution >= 4 is 34.4 Å². The van der Waals surface area contributed by atoms with Crippen LogP contribution in [-0.4, -0.2) is 18.1 Å². The van der Waals surface area contributed by atoms with Gasteiger partial charge in [-0.2, -0.15) is 0 Å². The zero-order valence-corrected chi connectivity index (χ0v) is 17.5. The Hall–Kier alpha value is -3.19. The molecule has 2 aromatic heterocycles. The number of carbonyl (C=O) groups excluding carboxylic acids is 2. The number of hydrogen-bond donors (Lipinski definition) is 1. The van der Waals surface area contributed by atoms with Crippen molar-refractivity contribution in [1.29, 1.82) is 0 Å². The van der Waals surface area contributed by atoms with Gasteiger partial charge < -0.3 is 14.5 Å². The van der Waals surface area contributed by atoms with Crippen molar-refractivity contribution in [1.82, 2.24) is 5.32 Å².